The third-order valence-electron chi connectivity index (χ3n) is 7.47. The summed E-state index contributed by atoms with van der Waals surface area (Å²) in [6, 6.07) is 6.32. The van der Waals surface area contributed by atoms with Crippen molar-refractivity contribution in [1.29, 1.82) is 0 Å². The molecule has 4 aromatic heterocycles. The Morgan fingerprint density at radius 2 is 1.87 bits per heavy atom. The number of nitrogens with one attached hydrogen (secondary N) is 1. The number of hydrogen-bond donors (Lipinski definition) is 2. The zero-order valence-electron chi connectivity index (χ0n) is 21.2. The summed E-state index contributed by atoms with van der Waals surface area (Å²) in [5, 5.41) is 14.6. The number of amides is 1. The molecular formula is C26H34ClN7O4. The van der Waals surface area contributed by atoms with Gasteiger partial charge in [0.25, 0.3) is 0 Å². The maximum absolute atomic E-state index is 11.8. The molecular weight excluding hydrogens is 510 g/mol. The molecule has 38 heavy (non-hydrogen) atoms. The van der Waals surface area contributed by atoms with Crippen LogP contribution in [-0.4, -0.2) is 64.5 Å². The van der Waals surface area contributed by atoms with Gasteiger partial charge in [-0.2, -0.15) is 4.98 Å². The van der Waals surface area contributed by atoms with Gasteiger partial charge in [0.2, 0.25) is 11.9 Å². The minimum absolute atomic E-state index is 0. The number of pyridine rings is 2. The number of carbonyl (C=O) groups excluding carboxylic acids is 1. The number of fused-ring (bicyclic) bond motifs is 4. The SMILES string of the molecule is CC1CCC(n2c3cnccc3c3cnc(Nc4ccc5c(n4)CCN(C(=O)CO)C5)nc32)CC1.Cl.O.O. The van der Waals surface area contributed by atoms with Gasteiger partial charge in [-0.3, -0.25) is 9.78 Å². The summed E-state index contributed by atoms with van der Waals surface area (Å²) in [5.41, 5.74) is 4.00. The van der Waals surface area contributed by atoms with E-state index >= 15 is 0 Å². The Labute approximate surface area is 226 Å². The molecule has 0 unspecified atom stereocenters. The first-order valence-electron chi connectivity index (χ1n) is 12.4. The molecule has 0 radical (unpaired) electrons. The summed E-state index contributed by atoms with van der Waals surface area (Å²) < 4.78 is 2.36. The Balaban J connectivity index is 0.00000133. The Kier molecular flexibility index (Phi) is 9.21. The minimum atomic E-state index is -0.463. The second kappa shape index (κ2) is 12.0. The lowest BCUT2D eigenvalue weighted by molar-refractivity contribution is -0.135. The van der Waals surface area contributed by atoms with Gasteiger partial charge in [-0.15, -0.1) is 12.4 Å². The summed E-state index contributed by atoms with van der Waals surface area (Å²) >= 11 is 0. The summed E-state index contributed by atoms with van der Waals surface area (Å²) in [5.74, 6) is 1.71. The molecule has 11 nitrogen and oxygen atoms in total. The quantitative estimate of drug-likeness (QED) is 0.397. The van der Waals surface area contributed by atoms with Crippen LogP contribution >= 0.6 is 12.4 Å². The Morgan fingerprint density at radius 3 is 2.63 bits per heavy atom. The van der Waals surface area contributed by atoms with Crippen LogP contribution in [0.2, 0.25) is 0 Å². The van der Waals surface area contributed by atoms with Crippen LogP contribution in [0.1, 0.15) is 49.9 Å². The molecule has 1 saturated carbocycles. The highest BCUT2D eigenvalue weighted by atomic mass is 35.5. The lowest BCUT2D eigenvalue weighted by atomic mass is 9.87. The number of nitrogens with zero attached hydrogens (tertiary/aromatic N) is 6. The maximum atomic E-state index is 11.8. The number of aliphatic hydroxyl groups is 1. The number of aliphatic hydroxyl groups excluding tert-OH is 1. The fourth-order valence-corrected chi connectivity index (χ4v) is 5.51. The van der Waals surface area contributed by atoms with Crippen LogP contribution in [0.5, 0.6) is 0 Å². The molecule has 4 aromatic rings. The Morgan fingerprint density at radius 1 is 1.08 bits per heavy atom. The number of carbonyl (C=O) groups is 1. The van der Waals surface area contributed by atoms with E-state index in [-0.39, 0.29) is 29.3 Å². The molecule has 5 heterocycles. The van der Waals surface area contributed by atoms with E-state index in [1.54, 1.807) is 4.90 Å². The first-order valence-corrected chi connectivity index (χ1v) is 12.4. The second-order valence-electron chi connectivity index (χ2n) is 9.76. The van der Waals surface area contributed by atoms with Crippen LogP contribution in [-0.2, 0) is 17.8 Å². The van der Waals surface area contributed by atoms with E-state index in [2.05, 4.69) is 26.8 Å². The van der Waals surface area contributed by atoms with Gasteiger partial charge >= 0.3 is 0 Å². The van der Waals surface area contributed by atoms with E-state index in [0.29, 0.717) is 37.3 Å². The topological polar surface area (TPSA) is 172 Å². The first-order chi connectivity index (χ1) is 17.1. The number of halogens is 1. The van der Waals surface area contributed by atoms with Crippen LogP contribution in [0.3, 0.4) is 0 Å². The van der Waals surface area contributed by atoms with Gasteiger partial charge in [-0.25, -0.2) is 9.97 Å². The first kappa shape index (κ1) is 29.2. The molecule has 0 atom stereocenters. The lowest BCUT2D eigenvalue weighted by Gasteiger charge is -2.28. The van der Waals surface area contributed by atoms with Crippen molar-refractivity contribution >= 4 is 52.0 Å². The molecule has 204 valence electrons. The monoisotopic (exact) mass is 543 g/mol. The zero-order chi connectivity index (χ0) is 23.9. The van der Waals surface area contributed by atoms with E-state index in [1.165, 1.54) is 12.8 Å². The molecule has 0 bridgehead atoms. The Hall–Kier alpha value is -3.38. The molecule has 1 aliphatic heterocycles. The van der Waals surface area contributed by atoms with Gasteiger partial charge in [0, 0.05) is 54.4 Å². The molecule has 0 saturated heterocycles. The fourth-order valence-electron chi connectivity index (χ4n) is 5.51. The molecule has 1 amide bonds. The van der Waals surface area contributed by atoms with Crippen molar-refractivity contribution < 1.29 is 20.9 Å². The van der Waals surface area contributed by atoms with Gasteiger partial charge in [-0.05, 0) is 49.3 Å². The van der Waals surface area contributed by atoms with Crippen molar-refractivity contribution in [3.8, 4) is 0 Å². The highest BCUT2D eigenvalue weighted by molar-refractivity contribution is 6.06. The van der Waals surface area contributed by atoms with Gasteiger partial charge in [0.05, 0.1) is 11.7 Å². The summed E-state index contributed by atoms with van der Waals surface area (Å²) in [6.45, 7) is 2.90. The van der Waals surface area contributed by atoms with Crippen molar-refractivity contribution in [2.45, 2.75) is 51.6 Å². The largest absolute Gasteiger partial charge is 0.412 e. The molecule has 0 spiro atoms. The molecule has 2 aliphatic rings. The third kappa shape index (κ3) is 5.28. The third-order valence-corrected chi connectivity index (χ3v) is 7.47. The molecule has 6 N–H and O–H groups in total. The average molecular weight is 544 g/mol. The number of rotatable bonds is 4. The van der Waals surface area contributed by atoms with Gasteiger partial charge < -0.3 is 30.8 Å². The van der Waals surface area contributed by atoms with Crippen LogP contribution in [0.25, 0.3) is 21.9 Å². The van der Waals surface area contributed by atoms with Crippen LogP contribution in [0, 0.1) is 5.92 Å². The van der Waals surface area contributed by atoms with E-state index in [4.69, 9.17) is 15.1 Å². The van der Waals surface area contributed by atoms with E-state index < -0.39 is 6.61 Å². The molecule has 0 aromatic carbocycles. The highest BCUT2D eigenvalue weighted by Crippen LogP contribution is 2.38. The zero-order valence-corrected chi connectivity index (χ0v) is 22.0. The molecule has 12 heteroatoms. The maximum Gasteiger partial charge on any atom is 0.248 e. The molecule has 6 rings (SSSR count). The smallest absolute Gasteiger partial charge is 0.248 e. The van der Waals surface area contributed by atoms with Gasteiger partial charge in [0.15, 0.2) is 0 Å². The lowest BCUT2D eigenvalue weighted by Crippen LogP contribution is -2.37. The summed E-state index contributed by atoms with van der Waals surface area (Å²) in [4.78, 5) is 32.2. The number of hydrogen-bond acceptors (Lipinski definition) is 7. The molecule has 1 aliphatic carbocycles. The summed E-state index contributed by atoms with van der Waals surface area (Å²) in [6.07, 6.45) is 11.0. The Bertz CT molecular complexity index is 1420. The van der Waals surface area contributed by atoms with Crippen molar-refractivity contribution in [3.63, 3.8) is 0 Å². The molecule has 1 fully saturated rings. The predicted molar refractivity (Wildman–Crippen MR) is 148 cm³/mol. The number of anilines is 2. The average Bonchev–Trinajstić information content (AvgIpc) is 3.22. The highest BCUT2D eigenvalue weighted by Gasteiger charge is 2.25. The predicted octanol–water partition coefficient (Wildman–Crippen LogP) is 2.52. The fraction of sp³-hybridized carbons (Fsp3) is 0.423. The van der Waals surface area contributed by atoms with Crippen molar-refractivity contribution in [1.82, 2.24) is 29.4 Å². The van der Waals surface area contributed by atoms with E-state index in [0.717, 1.165) is 52.0 Å². The van der Waals surface area contributed by atoms with Crippen LogP contribution < -0.4 is 5.32 Å². The minimum Gasteiger partial charge on any atom is -0.412 e. The van der Waals surface area contributed by atoms with Crippen molar-refractivity contribution in [2.24, 2.45) is 5.92 Å². The summed E-state index contributed by atoms with van der Waals surface area (Å²) in [7, 11) is 0. The van der Waals surface area contributed by atoms with Gasteiger partial charge in [0.1, 0.15) is 18.1 Å². The standard InChI is InChI=1S/C26H29N7O2.ClH.2H2O/c1-16-2-5-18(6-3-16)33-22-13-27-10-8-19(22)20-12-28-26(31-25(20)33)30-23-7-4-17-14-32(24(35)15-34)11-9-21(17)29-23;;;/h4,7-8,10,12-13,16,18,34H,2-3,5-6,9,11,14-15H2,1H3,(H,28,29,30,31);1H;2*1H2. The van der Waals surface area contributed by atoms with E-state index in [1.807, 2.05) is 36.8 Å². The van der Waals surface area contributed by atoms with Crippen molar-refractivity contribution in [2.75, 3.05) is 18.5 Å². The van der Waals surface area contributed by atoms with Crippen molar-refractivity contribution in [3.05, 3.63) is 48.0 Å². The number of aromatic nitrogens is 5. The van der Waals surface area contributed by atoms with E-state index in [9.17, 15) is 4.79 Å². The van der Waals surface area contributed by atoms with Crippen LogP contribution in [0.4, 0.5) is 11.8 Å². The van der Waals surface area contributed by atoms with Crippen LogP contribution in [0.15, 0.2) is 36.8 Å². The van der Waals surface area contributed by atoms with Gasteiger partial charge in [-0.1, -0.05) is 13.0 Å². The normalized spacial score (nSPS) is 18.6. The second-order valence-corrected chi connectivity index (χ2v) is 9.76.